The summed E-state index contributed by atoms with van der Waals surface area (Å²) in [6, 6.07) is 19.9. The molecule has 0 bridgehead atoms. The van der Waals surface area contributed by atoms with Crippen LogP contribution in [-0.2, 0) is 16.1 Å². The van der Waals surface area contributed by atoms with Gasteiger partial charge in [0.05, 0.1) is 0 Å². The number of carbonyl (C=O) groups is 2. The Balaban J connectivity index is 1.55. The van der Waals surface area contributed by atoms with Gasteiger partial charge in [0, 0.05) is 37.7 Å². The van der Waals surface area contributed by atoms with Crippen molar-refractivity contribution in [1.82, 2.24) is 4.90 Å². The molecule has 1 aliphatic rings. The summed E-state index contributed by atoms with van der Waals surface area (Å²) in [6.07, 6.45) is 3.16. The summed E-state index contributed by atoms with van der Waals surface area (Å²) in [5.41, 5.74) is 2.08. The normalized spacial score (nSPS) is 19.1. The van der Waals surface area contributed by atoms with Crippen LogP contribution in [-0.4, -0.2) is 30.3 Å². The van der Waals surface area contributed by atoms with Crippen molar-refractivity contribution in [1.29, 1.82) is 0 Å². The van der Waals surface area contributed by atoms with E-state index in [0.717, 1.165) is 36.9 Å². The average molecular weight is 379 g/mol. The largest absolute Gasteiger partial charge is 0.338 e. The molecule has 0 aliphatic heterocycles. The molecular formula is C24H30N2O2. The Kier molecular flexibility index (Phi) is 6.85. The summed E-state index contributed by atoms with van der Waals surface area (Å²) < 4.78 is 0. The molecule has 2 aromatic carbocycles. The Labute approximate surface area is 168 Å². The van der Waals surface area contributed by atoms with Gasteiger partial charge in [-0.05, 0) is 50.3 Å². The van der Waals surface area contributed by atoms with Crippen LogP contribution in [0.4, 0.5) is 5.69 Å². The lowest BCUT2D eigenvalue weighted by Crippen LogP contribution is -2.40. The van der Waals surface area contributed by atoms with Crippen molar-refractivity contribution in [3.05, 3.63) is 66.2 Å². The van der Waals surface area contributed by atoms with Gasteiger partial charge in [0.25, 0.3) is 0 Å². The van der Waals surface area contributed by atoms with Crippen LogP contribution in [0.3, 0.4) is 0 Å². The fraction of sp³-hybridized carbons (Fsp3) is 0.417. The lowest BCUT2D eigenvalue weighted by atomic mass is 9.80. The summed E-state index contributed by atoms with van der Waals surface area (Å²) in [5, 5.41) is 0. The predicted octanol–water partition coefficient (Wildman–Crippen LogP) is 4.50. The quantitative estimate of drug-likeness (QED) is 0.742. The van der Waals surface area contributed by atoms with Crippen LogP contribution in [0.5, 0.6) is 0 Å². The highest BCUT2D eigenvalue weighted by Gasteiger charge is 2.33. The molecule has 0 N–H and O–H groups in total. The molecule has 0 atom stereocenters. The fourth-order valence-corrected chi connectivity index (χ4v) is 4.05. The van der Waals surface area contributed by atoms with Gasteiger partial charge in [-0.1, -0.05) is 48.5 Å². The summed E-state index contributed by atoms with van der Waals surface area (Å²) in [4.78, 5) is 29.5. The second kappa shape index (κ2) is 9.54. The van der Waals surface area contributed by atoms with E-state index in [9.17, 15) is 9.59 Å². The van der Waals surface area contributed by atoms with E-state index in [-0.39, 0.29) is 23.7 Å². The zero-order valence-electron chi connectivity index (χ0n) is 16.9. The summed E-state index contributed by atoms with van der Waals surface area (Å²) in [5.74, 6) is 0.440. The molecule has 0 heterocycles. The van der Waals surface area contributed by atoms with Crippen LogP contribution in [0.1, 0.15) is 38.2 Å². The maximum absolute atomic E-state index is 13.0. The summed E-state index contributed by atoms with van der Waals surface area (Å²) in [7, 11) is 1.84. The van der Waals surface area contributed by atoms with Crippen LogP contribution in [0.25, 0.3) is 0 Å². The van der Waals surface area contributed by atoms with Crippen LogP contribution < -0.4 is 4.90 Å². The Morgan fingerprint density at radius 3 is 1.86 bits per heavy atom. The molecule has 28 heavy (non-hydrogen) atoms. The van der Waals surface area contributed by atoms with Gasteiger partial charge in [-0.25, -0.2) is 0 Å². The van der Waals surface area contributed by atoms with Crippen molar-refractivity contribution in [2.45, 2.75) is 39.2 Å². The van der Waals surface area contributed by atoms with Crippen molar-refractivity contribution in [3.8, 4) is 0 Å². The molecule has 2 amide bonds. The molecule has 0 radical (unpaired) electrons. The van der Waals surface area contributed by atoms with Gasteiger partial charge in [-0.3, -0.25) is 9.59 Å². The molecule has 4 heteroatoms. The zero-order valence-corrected chi connectivity index (χ0v) is 16.9. The second-order valence-electron chi connectivity index (χ2n) is 7.62. The highest BCUT2D eigenvalue weighted by atomic mass is 16.2. The van der Waals surface area contributed by atoms with E-state index in [0.29, 0.717) is 13.1 Å². The van der Waals surface area contributed by atoms with Crippen molar-refractivity contribution < 1.29 is 9.59 Å². The van der Waals surface area contributed by atoms with E-state index in [4.69, 9.17) is 0 Å². The van der Waals surface area contributed by atoms with Crippen LogP contribution >= 0.6 is 0 Å². The molecule has 0 unspecified atom stereocenters. The lowest BCUT2D eigenvalue weighted by molar-refractivity contribution is -0.138. The number of nitrogens with zero attached hydrogens (tertiary/aromatic N) is 2. The van der Waals surface area contributed by atoms with Crippen molar-refractivity contribution >= 4 is 17.5 Å². The highest BCUT2D eigenvalue weighted by molar-refractivity contribution is 5.94. The van der Waals surface area contributed by atoms with E-state index in [1.165, 1.54) is 0 Å². The third kappa shape index (κ3) is 4.80. The fourth-order valence-electron chi connectivity index (χ4n) is 4.05. The number of hydrogen-bond acceptors (Lipinski definition) is 2. The third-order valence-corrected chi connectivity index (χ3v) is 5.81. The minimum absolute atomic E-state index is 0.0125. The second-order valence-corrected chi connectivity index (χ2v) is 7.62. The predicted molar refractivity (Wildman–Crippen MR) is 113 cm³/mol. The van der Waals surface area contributed by atoms with E-state index in [2.05, 4.69) is 12.1 Å². The number of para-hydroxylation sites is 1. The number of hydrogen-bond donors (Lipinski definition) is 0. The first kappa shape index (κ1) is 20.1. The van der Waals surface area contributed by atoms with E-state index in [1.54, 1.807) is 4.90 Å². The molecule has 0 aromatic heterocycles. The van der Waals surface area contributed by atoms with Gasteiger partial charge in [-0.2, -0.15) is 0 Å². The van der Waals surface area contributed by atoms with E-state index >= 15 is 0 Å². The first-order chi connectivity index (χ1) is 13.6. The van der Waals surface area contributed by atoms with Crippen molar-refractivity contribution in [2.24, 2.45) is 11.8 Å². The minimum atomic E-state index is 0.0125. The molecule has 1 aliphatic carbocycles. The Bertz CT molecular complexity index is 768. The first-order valence-corrected chi connectivity index (χ1v) is 10.3. The monoisotopic (exact) mass is 378 g/mol. The van der Waals surface area contributed by atoms with Gasteiger partial charge in [0.2, 0.25) is 11.8 Å². The number of amides is 2. The van der Waals surface area contributed by atoms with E-state index < -0.39 is 0 Å². The Morgan fingerprint density at radius 2 is 1.32 bits per heavy atom. The SMILES string of the molecule is CCN(Cc1ccccc1)C(=O)C1CCC(C(=O)N(C)c2ccccc2)CC1. The maximum Gasteiger partial charge on any atom is 0.229 e. The molecule has 148 valence electrons. The molecule has 1 saturated carbocycles. The highest BCUT2D eigenvalue weighted by Crippen LogP contribution is 2.32. The molecule has 1 fully saturated rings. The van der Waals surface area contributed by atoms with Crippen LogP contribution in [0.2, 0.25) is 0 Å². The average Bonchev–Trinajstić information content (AvgIpc) is 2.77. The van der Waals surface area contributed by atoms with Gasteiger partial charge in [0.1, 0.15) is 0 Å². The third-order valence-electron chi connectivity index (χ3n) is 5.81. The van der Waals surface area contributed by atoms with E-state index in [1.807, 2.05) is 67.4 Å². The number of benzene rings is 2. The number of carbonyl (C=O) groups excluding carboxylic acids is 2. The molecule has 0 saturated heterocycles. The van der Waals surface area contributed by atoms with Crippen LogP contribution in [0.15, 0.2) is 60.7 Å². The zero-order chi connectivity index (χ0) is 19.9. The van der Waals surface area contributed by atoms with Gasteiger partial charge in [-0.15, -0.1) is 0 Å². The topological polar surface area (TPSA) is 40.6 Å². The molecule has 4 nitrogen and oxygen atoms in total. The lowest BCUT2D eigenvalue weighted by Gasteiger charge is -2.33. The molecular weight excluding hydrogens is 348 g/mol. The molecule has 0 spiro atoms. The minimum Gasteiger partial charge on any atom is -0.338 e. The Hall–Kier alpha value is -2.62. The van der Waals surface area contributed by atoms with Gasteiger partial charge >= 0.3 is 0 Å². The smallest absolute Gasteiger partial charge is 0.229 e. The number of anilines is 1. The van der Waals surface area contributed by atoms with Gasteiger partial charge < -0.3 is 9.80 Å². The first-order valence-electron chi connectivity index (χ1n) is 10.3. The maximum atomic E-state index is 13.0. The number of rotatable bonds is 6. The van der Waals surface area contributed by atoms with Gasteiger partial charge in [0.15, 0.2) is 0 Å². The standard InChI is InChI=1S/C24H30N2O2/c1-3-26(18-19-10-6-4-7-11-19)24(28)21-16-14-20(15-17-21)23(27)25(2)22-12-8-5-9-13-22/h4-13,20-21H,3,14-18H2,1-2H3. The van der Waals surface area contributed by atoms with Crippen molar-refractivity contribution in [2.75, 3.05) is 18.5 Å². The summed E-state index contributed by atoms with van der Waals surface area (Å²) >= 11 is 0. The molecule has 2 aromatic rings. The molecule has 3 rings (SSSR count). The Morgan fingerprint density at radius 1 is 0.821 bits per heavy atom. The summed E-state index contributed by atoms with van der Waals surface area (Å²) in [6.45, 7) is 3.40. The van der Waals surface area contributed by atoms with Crippen molar-refractivity contribution in [3.63, 3.8) is 0 Å². The van der Waals surface area contributed by atoms with Crippen LogP contribution in [0, 0.1) is 11.8 Å².